The normalized spacial score (nSPS) is 12.7. The lowest BCUT2D eigenvalue weighted by Gasteiger charge is -2.04. The van der Waals surface area contributed by atoms with E-state index in [0.29, 0.717) is 23.5 Å². The maximum absolute atomic E-state index is 13.3. The largest absolute Gasteiger partial charge is 0.458 e. The second-order valence-electron chi connectivity index (χ2n) is 3.88. The van der Waals surface area contributed by atoms with Crippen molar-refractivity contribution in [3.05, 3.63) is 45.9 Å². The van der Waals surface area contributed by atoms with Crippen LogP contribution in [-0.4, -0.2) is 5.11 Å². The Balaban J connectivity index is 2.40. The van der Waals surface area contributed by atoms with Gasteiger partial charge in [-0.05, 0) is 30.7 Å². The van der Waals surface area contributed by atoms with Gasteiger partial charge in [0.15, 0.2) is 5.82 Å². The maximum atomic E-state index is 13.3. The summed E-state index contributed by atoms with van der Waals surface area (Å²) in [5.41, 5.74) is 0.570. The molecule has 18 heavy (non-hydrogen) atoms. The summed E-state index contributed by atoms with van der Waals surface area (Å²) in [6, 6.07) is 6.23. The Morgan fingerprint density at radius 3 is 2.44 bits per heavy atom. The van der Waals surface area contributed by atoms with Gasteiger partial charge in [-0.3, -0.25) is 0 Å². The van der Waals surface area contributed by atoms with Crippen LogP contribution < -0.4 is 0 Å². The first-order chi connectivity index (χ1) is 8.52. The number of aliphatic hydroxyl groups excluding tert-OH is 1. The highest BCUT2D eigenvalue weighted by Gasteiger charge is 2.14. The van der Waals surface area contributed by atoms with Crippen molar-refractivity contribution in [3.63, 3.8) is 0 Å². The van der Waals surface area contributed by atoms with Crippen LogP contribution in [0.3, 0.4) is 0 Å². The lowest BCUT2D eigenvalue weighted by atomic mass is 10.1. The molecule has 0 bridgehead atoms. The van der Waals surface area contributed by atoms with E-state index >= 15 is 0 Å². The van der Waals surface area contributed by atoms with Gasteiger partial charge >= 0.3 is 0 Å². The minimum atomic E-state index is -0.651. The molecule has 0 spiro atoms. The predicted molar refractivity (Wildman–Crippen MR) is 69.4 cm³/mol. The van der Waals surface area contributed by atoms with Gasteiger partial charge in [0.2, 0.25) is 0 Å². The molecule has 0 saturated heterocycles. The molecule has 2 rings (SSSR count). The molecule has 1 atom stereocenters. The van der Waals surface area contributed by atoms with Gasteiger partial charge in [0.05, 0.1) is 10.0 Å². The summed E-state index contributed by atoms with van der Waals surface area (Å²) in [6.07, 6.45) is -0.0946. The van der Waals surface area contributed by atoms with Crippen LogP contribution in [0.25, 0.3) is 11.3 Å². The van der Waals surface area contributed by atoms with E-state index in [2.05, 4.69) is 0 Å². The third-order valence-electron chi connectivity index (χ3n) is 2.61. The summed E-state index contributed by atoms with van der Waals surface area (Å²) in [6.45, 7) is 1.85. The van der Waals surface area contributed by atoms with Crippen LogP contribution in [0.1, 0.15) is 25.2 Å². The van der Waals surface area contributed by atoms with Gasteiger partial charge in [0, 0.05) is 5.56 Å². The third-order valence-corrected chi connectivity index (χ3v) is 3.16. The minimum Gasteiger partial charge on any atom is -0.458 e. The predicted octanol–water partition coefficient (Wildman–Crippen LogP) is 4.84. The number of aliphatic hydroxyl groups is 1. The van der Waals surface area contributed by atoms with Gasteiger partial charge in [-0.2, -0.15) is 0 Å². The number of rotatable bonds is 3. The summed E-state index contributed by atoms with van der Waals surface area (Å²) in [5, 5.41) is 9.51. The number of furan rings is 1. The van der Waals surface area contributed by atoms with E-state index in [4.69, 9.17) is 27.6 Å². The zero-order chi connectivity index (χ0) is 13.3. The van der Waals surface area contributed by atoms with E-state index in [0.717, 1.165) is 0 Å². The van der Waals surface area contributed by atoms with Crippen molar-refractivity contribution in [2.75, 3.05) is 0 Å². The molecule has 1 N–H and O–H groups in total. The summed E-state index contributed by atoms with van der Waals surface area (Å²) >= 11 is 11.4. The minimum absolute atomic E-state index is 0.0634. The number of hydrogen-bond acceptors (Lipinski definition) is 2. The van der Waals surface area contributed by atoms with Gasteiger partial charge in [0.25, 0.3) is 0 Å². The molecule has 0 aliphatic heterocycles. The molecule has 0 amide bonds. The van der Waals surface area contributed by atoms with Crippen molar-refractivity contribution in [1.82, 2.24) is 0 Å². The maximum Gasteiger partial charge on any atom is 0.160 e. The van der Waals surface area contributed by atoms with E-state index < -0.39 is 11.9 Å². The molecule has 0 aliphatic carbocycles. The zero-order valence-electron chi connectivity index (χ0n) is 9.58. The van der Waals surface area contributed by atoms with Crippen molar-refractivity contribution < 1.29 is 13.9 Å². The highest BCUT2D eigenvalue weighted by atomic mass is 35.5. The van der Waals surface area contributed by atoms with E-state index in [1.54, 1.807) is 12.1 Å². The number of benzene rings is 1. The monoisotopic (exact) mass is 288 g/mol. The van der Waals surface area contributed by atoms with Crippen LogP contribution in [0, 0.1) is 5.82 Å². The quantitative estimate of drug-likeness (QED) is 0.820. The molecule has 1 aromatic carbocycles. The second kappa shape index (κ2) is 5.31. The zero-order valence-corrected chi connectivity index (χ0v) is 11.1. The first kappa shape index (κ1) is 13.4. The van der Waals surface area contributed by atoms with Crippen molar-refractivity contribution in [1.29, 1.82) is 0 Å². The van der Waals surface area contributed by atoms with Crippen LogP contribution in [0.15, 0.2) is 28.7 Å². The number of halogens is 3. The molecule has 2 aromatic rings. The number of hydrogen-bond donors (Lipinski definition) is 1. The Kier molecular flexibility index (Phi) is 3.95. The van der Waals surface area contributed by atoms with E-state index in [-0.39, 0.29) is 10.0 Å². The Morgan fingerprint density at radius 1 is 1.28 bits per heavy atom. The summed E-state index contributed by atoms with van der Waals surface area (Å²) < 4.78 is 18.8. The van der Waals surface area contributed by atoms with Crippen molar-refractivity contribution in [2.24, 2.45) is 0 Å². The lowest BCUT2D eigenvalue weighted by molar-refractivity contribution is 0.147. The average Bonchev–Trinajstić information content (AvgIpc) is 2.84. The molecular formula is C13H11Cl2FO2. The molecule has 1 heterocycles. The fourth-order valence-corrected chi connectivity index (χ4v) is 2.07. The molecule has 2 nitrogen and oxygen atoms in total. The lowest BCUT2D eigenvalue weighted by Crippen LogP contribution is -1.91. The Hall–Kier alpha value is -1.03. The molecule has 0 fully saturated rings. The smallest absolute Gasteiger partial charge is 0.160 e. The van der Waals surface area contributed by atoms with Crippen LogP contribution >= 0.6 is 23.2 Å². The van der Waals surface area contributed by atoms with E-state index in [1.807, 2.05) is 6.92 Å². The summed E-state index contributed by atoms with van der Waals surface area (Å²) in [7, 11) is 0. The molecule has 1 unspecified atom stereocenters. The van der Waals surface area contributed by atoms with Crippen LogP contribution in [-0.2, 0) is 0 Å². The van der Waals surface area contributed by atoms with Gasteiger partial charge in [-0.1, -0.05) is 30.1 Å². The Bertz CT molecular complexity index is 543. The van der Waals surface area contributed by atoms with Crippen molar-refractivity contribution in [2.45, 2.75) is 19.4 Å². The Labute approximate surface area is 114 Å². The topological polar surface area (TPSA) is 33.4 Å². The van der Waals surface area contributed by atoms with Crippen LogP contribution in [0.2, 0.25) is 10.0 Å². The van der Waals surface area contributed by atoms with Gasteiger partial charge in [-0.15, -0.1) is 0 Å². The van der Waals surface area contributed by atoms with E-state index in [9.17, 15) is 9.50 Å². The van der Waals surface area contributed by atoms with E-state index in [1.165, 1.54) is 12.1 Å². The van der Waals surface area contributed by atoms with Gasteiger partial charge in [0.1, 0.15) is 17.6 Å². The first-order valence-electron chi connectivity index (χ1n) is 5.45. The third kappa shape index (κ3) is 2.53. The van der Waals surface area contributed by atoms with Crippen LogP contribution in [0.4, 0.5) is 4.39 Å². The fourth-order valence-electron chi connectivity index (χ4n) is 1.59. The molecule has 96 valence electrons. The second-order valence-corrected chi connectivity index (χ2v) is 4.69. The molecular weight excluding hydrogens is 278 g/mol. The molecule has 0 saturated carbocycles. The van der Waals surface area contributed by atoms with Gasteiger partial charge in [-0.25, -0.2) is 4.39 Å². The van der Waals surface area contributed by atoms with Crippen LogP contribution in [0.5, 0.6) is 0 Å². The fraction of sp³-hybridized carbons (Fsp3) is 0.231. The standard InChI is InChI=1S/C13H11Cl2FO2/c1-2-10(17)12-4-3-11(18-12)7-5-8(14)13(16)9(15)6-7/h3-6,10,17H,2H2,1H3. The summed E-state index contributed by atoms with van der Waals surface area (Å²) in [4.78, 5) is 0. The SMILES string of the molecule is CCC(O)c1ccc(-c2cc(Cl)c(F)c(Cl)c2)o1. The van der Waals surface area contributed by atoms with Crippen molar-refractivity contribution >= 4 is 23.2 Å². The molecule has 0 aliphatic rings. The van der Waals surface area contributed by atoms with Crippen molar-refractivity contribution in [3.8, 4) is 11.3 Å². The van der Waals surface area contributed by atoms with Gasteiger partial charge < -0.3 is 9.52 Å². The highest BCUT2D eigenvalue weighted by Crippen LogP contribution is 2.32. The first-order valence-corrected chi connectivity index (χ1v) is 6.21. The Morgan fingerprint density at radius 2 is 1.89 bits per heavy atom. The molecule has 0 radical (unpaired) electrons. The molecule has 5 heteroatoms. The molecule has 1 aromatic heterocycles. The highest BCUT2D eigenvalue weighted by molar-refractivity contribution is 6.35. The average molecular weight is 289 g/mol. The summed E-state index contributed by atoms with van der Waals surface area (Å²) in [5.74, 6) is 0.299.